The molecular weight excluding hydrogens is 316 g/mol. The molecular formula is C14H18N6O2S. The van der Waals surface area contributed by atoms with Crippen LogP contribution in [-0.2, 0) is 13.1 Å². The number of H-pyrrole nitrogens is 1. The Morgan fingerprint density at radius 1 is 1.26 bits per heavy atom. The Kier molecular flexibility index (Phi) is 4.65. The summed E-state index contributed by atoms with van der Waals surface area (Å²) >= 11 is 1.44. The van der Waals surface area contributed by atoms with E-state index in [4.69, 9.17) is 0 Å². The molecule has 0 aromatic carbocycles. The first-order valence-corrected chi connectivity index (χ1v) is 8.51. The monoisotopic (exact) mass is 334 g/mol. The summed E-state index contributed by atoms with van der Waals surface area (Å²) in [5.74, 6) is 0.611. The maximum absolute atomic E-state index is 12.2. The van der Waals surface area contributed by atoms with E-state index < -0.39 is 0 Å². The van der Waals surface area contributed by atoms with E-state index in [0.717, 1.165) is 12.8 Å². The van der Waals surface area contributed by atoms with Crippen molar-refractivity contribution in [3.8, 4) is 0 Å². The summed E-state index contributed by atoms with van der Waals surface area (Å²) in [6.45, 7) is 3.19. The van der Waals surface area contributed by atoms with Gasteiger partial charge < -0.3 is 0 Å². The van der Waals surface area contributed by atoms with Crippen LogP contribution >= 0.6 is 11.8 Å². The second-order valence-electron chi connectivity index (χ2n) is 5.10. The molecule has 0 saturated carbocycles. The summed E-state index contributed by atoms with van der Waals surface area (Å²) in [6, 6.07) is 5.43. The van der Waals surface area contributed by atoms with Crippen molar-refractivity contribution in [2.24, 2.45) is 0 Å². The minimum absolute atomic E-state index is 0.161. The van der Waals surface area contributed by atoms with E-state index in [1.54, 1.807) is 22.9 Å². The van der Waals surface area contributed by atoms with Gasteiger partial charge in [0, 0.05) is 18.5 Å². The molecule has 0 bridgehead atoms. The molecule has 0 aliphatic rings. The first-order chi connectivity index (χ1) is 11.2. The van der Waals surface area contributed by atoms with Crippen LogP contribution in [0.25, 0.3) is 5.65 Å². The highest BCUT2D eigenvalue weighted by molar-refractivity contribution is 7.99. The molecule has 0 amide bonds. The van der Waals surface area contributed by atoms with Crippen molar-refractivity contribution in [2.75, 3.05) is 5.75 Å². The predicted molar refractivity (Wildman–Crippen MR) is 87.9 cm³/mol. The Balaban J connectivity index is 1.68. The van der Waals surface area contributed by atoms with Crippen molar-refractivity contribution in [3.63, 3.8) is 0 Å². The first kappa shape index (κ1) is 15.6. The number of pyridine rings is 1. The number of nitrogens with one attached hydrogen (secondary N) is 1. The van der Waals surface area contributed by atoms with Crippen LogP contribution in [0.5, 0.6) is 0 Å². The number of nitrogens with zero attached hydrogens (tertiary/aromatic N) is 5. The fraction of sp³-hybridized carbons (Fsp3) is 0.429. The summed E-state index contributed by atoms with van der Waals surface area (Å²) in [6.07, 6.45) is 3.64. The fourth-order valence-electron chi connectivity index (χ4n) is 2.26. The lowest BCUT2D eigenvalue weighted by atomic mass is 10.3. The molecule has 8 nitrogen and oxygen atoms in total. The molecule has 3 aromatic heterocycles. The second kappa shape index (κ2) is 6.86. The molecule has 0 saturated heterocycles. The molecule has 3 heterocycles. The minimum atomic E-state index is -0.189. The second-order valence-corrected chi connectivity index (χ2v) is 6.16. The quantitative estimate of drug-likeness (QED) is 0.650. The number of aryl methyl sites for hydroxylation is 1. The molecule has 9 heteroatoms. The van der Waals surface area contributed by atoms with Gasteiger partial charge in [-0.2, -0.15) is 0 Å². The van der Waals surface area contributed by atoms with Crippen molar-refractivity contribution in [3.05, 3.63) is 45.4 Å². The third kappa shape index (κ3) is 3.24. The Labute approximate surface area is 136 Å². The van der Waals surface area contributed by atoms with Crippen LogP contribution in [0.15, 0.2) is 39.1 Å². The van der Waals surface area contributed by atoms with Crippen LogP contribution in [0, 0.1) is 0 Å². The molecule has 0 aliphatic carbocycles. The number of thioether (sulfide) groups is 1. The van der Waals surface area contributed by atoms with E-state index in [0.29, 0.717) is 29.6 Å². The highest BCUT2D eigenvalue weighted by Crippen LogP contribution is 2.13. The highest BCUT2D eigenvalue weighted by atomic mass is 32.2. The van der Waals surface area contributed by atoms with Crippen molar-refractivity contribution in [2.45, 2.75) is 38.0 Å². The lowest BCUT2D eigenvalue weighted by molar-refractivity contribution is 0.571. The summed E-state index contributed by atoms with van der Waals surface area (Å²) in [4.78, 5) is 23.9. The highest BCUT2D eigenvalue weighted by Gasteiger charge is 2.10. The maximum atomic E-state index is 12.2. The van der Waals surface area contributed by atoms with Crippen LogP contribution < -0.4 is 11.4 Å². The van der Waals surface area contributed by atoms with Gasteiger partial charge in [-0.15, -0.1) is 10.2 Å². The number of hydrogen-bond acceptors (Lipinski definition) is 5. The Morgan fingerprint density at radius 2 is 2.13 bits per heavy atom. The Hall–Kier alpha value is -2.29. The normalized spacial score (nSPS) is 11.3. The van der Waals surface area contributed by atoms with Crippen molar-refractivity contribution in [1.82, 2.24) is 28.9 Å². The van der Waals surface area contributed by atoms with E-state index in [9.17, 15) is 9.59 Å². The van der Waals surface area contributed by atoms with E-state index in [-0.39, 0.29) is 11.4 Å². The zero-order valence-electron chi connectivity index (χ0n) is 12.8. The van der Waals surface area contributed by atoms with Crippen LogP contribution in [-0.4, -0.2) is 34.7 Å². The van der Waals surface area contributed by atoms with Gasteiger partial charge in [0.05, 0.1) is 6.54 Å². The number of aromatic amines is 1. The summed E-state index contributed by atoms with van der Waals surface area (Å²) in [5, 5.41) is 11.4. The zero-order chi connectivity index (χ0) is 16.2. The van der Waals surface area contributed by atoms with E-state index in [1.807, 2.05) is 6.07 Å². The predicted octanol–water partition coefficient (Wildman–Crippen LogP) is 0.973. The lowest BCUT2D eigenvalue weighted by Crippen LogP contribution is -2.22. The molecule has 0 spiro atoms. The molecule has 0 atom stereocenters. The van der Waals surface area contributed by atoms with Gasteiger partial charge in [-0.05, 0) is 18.6 Å². The largest absolute Gasteiger partial charge is 0.350 e. The van der Waals surface area contributed by atoms with Crippen molar-refractivity contribution >= 4 is 17.4 Å². The van der Waals surface area contributed by atoms with Crippen LogP contribution in [0.1, 0.15) is 19.8 Å². The van der Waals surface area contributed by atoms with Gasteiger partial charge in [0.25, 0.3) is 0 Å². The number of rotatable bonds is 7. The van der Waals surface area contributed by atoms with E-state index >= 15 is 0 Å². The molecule has 0 unspecified atom stereocenters. The minimum Gasteiger partial charge on any atom is -0.270 e. The number of aromatic nitrogens is 6. The van der Waals surface area contributed by atoms with Crippen LogP contribution in [0.2, 0.25) is 0 Å². The average molecular weight is 334 g/mol. The summed E-state index contributed by atoms with van der Waals surface area (Å²) < 4.78 is 4.58. The van der Waals surface area contributed by atoms with Gasteiger partial charge in [0.15, 0.2) is 10.8 Å². The van der Waals surface area contributed by atoms with E-state index in [1.165, 1.54) is 20.8 Å². The topological polar surface area (TPSA) is 90.0 Å². The van der Waals surface area contributed by atoms with Crippen LogP contribution in [0.4, 0.5) is 0 Å². The molecule has 0 aliphatic heterocycles. The van der Waals surface area contributed by atoms with Gasteiger partial charge in [-0.1, -0.05) is 31.2 Å². The van der Waals surface area contributed by atoms with E-state index in [2.05, 4.69) is 22.2 Å². The van der Waals surface area contributed by atoms with Gasteiger partial charge in [0.2, 0.25) is 0 Å². The van der Waals surface area contributed by atoms with Crippen molar-refractivity contribution < 1.29 is 0 Å². The smallest absolute Gasteiger partial charge is 0.270 e. The molecule has 1 N–H and O–H groups in total. The molecule has 23 heavy (non-hydrogen) atoms. The third-order valence-corrected chi connectivity index (χ3v) is 4.44. The first-order valence-electron chi connectivity index (χ1n) is 7.53. The number of fused-ring (bicyclic) bond motifs is 1. The van der Waals surface area contributed by atoms with Crippen molar-refractivity contribution in [1.29, 1.82) is 0 Å². The SMILES string of the molecule is CCCCn1c(SCCn2nc3ccccn3c2=O)n[nH]c1=O. The standard InChI is InChI=1S/C14H18N6O2S/c1-2-3-7-19-12(21)15-16-13(19)23-10-9-20-14(22)18-8-5-4-6-11(18)17-20/h4-6,8H,2-3,7,9-10H2,1H3,(H,15,21). The maximum Gasteiger partial charge on any atom is 0.350 e. The third-order valence-electron chi connectivity index (χ3n) is 3.48. The number of unbranched alkanes of at least 4 members (excludes halogenated alkanes) is 1. The average Bonchev–Trinajstić information content (AvgIpc) is 3.07. The van der Waals surface area contributed by atoms with Gasteiger partial charge >= 0.3 is 11.4 Å². The summed E-state index contributed by atoms with van der Waals surface area (Å²) in [5.41, 5.74) is 0.277. The molecule has 3 rings (SSSR count). The molecule has 3 aromatic rings. The van der Waals surface area contributed by atoms with Gasteiger partial charge in [-0.25, -0.2) is 19.4 Å². The molecule has 0 radical (unpaired) electrons. The molecule has 0 fully saturated rings. The summed E-state index contributed by atoms with van der Waals surface area (Å²) in [7, 11) is 0. The lowest BCUT2D eigenvalue weighted by Gasteiger charge is -2.04. The fourth-order valence-corrected chi connectivity index (χ4v) is 3.15. The zero-order valence-corrected chi connectivity index (χ0v) is 13.6. The number of hydrogen-bond donors (Lipinski definition) is 1. The Morgan fingerprint density at radius 3 is 2.91 bits per heavy atom. The van der Waals surface area contributed by atoms with Crippen LogP contribution in [0.3, 0.4) is 0 Å². The molecule has 122 valence electrons. The van der Waals surface area contributed by atoms with Gasteiger partial charge in [-0.3, -0.25) is 8.97 Å². The Bertz CT molecular complexity index is 906. The van der Waals surface area contributed by atoms with Gasteiger partial charge in [0.1, 0.15) is 0 Å².